The third-order valence-corrected chi connectivity index (χ3v) is 3.52. The normalized spacial score (nSPS) is 18.2. The lowest BCUT2D eigenvalue weighted by atomic mass is 9.75. The molecule has 1 unspecified atom stereocenters. The molecule has 1 saturated heterocycles. The van der Waals surface area contributed by atoms with Crippen LogP contribution in [0.4, 0.5) is 0 Å². The number of carbonyl (C=O) groups is 2. The molecule has 0 bridgehead atoms. The highest BCUT2D eigenvalue weighted by atomic mass is 16.6. The lowest BCUT2D eigenvalue weighted by Crippen LogP contribution is -2.37. The van der Waals surface area contributed by atoms with Crippen LogP contribution in [-0.4, -0.2) is 37.9 Å². The monoisotopic (exact) mass is 300 g/mol. The number of carbonyl (C=O) groups excluding carboxylic acids is 2. The van der Waals surface area contributed by atoms with E-state index in [2.05, 4.69) is 0 Å². The Morgan fingerprint density at radius 1 is 1.10 bits per heavy atom. The first-order valence-corrected chi connectivity index (χ1v) is 7.65. The van der Waals surface area contributed by atoms with Crippen LogP contribution in [0.1, 0.15) is 53.9 Å². The third kappa shape index (κ3) is 6.04. The predicted molar refractivity (Wildman–Crippen MR) is 78.7 cm³/mol. The first-order chi connectivity index (χ1) is 9.69. The van der Waals surface area contributed by atoms with E-state index in [0.29, 0.717) is 26.2 Å². The Hall–Kier alpha value is -1.10. The summed E-state index contributed by atoms with van der Waals surface area (Å²) in [5, 5.41) is 0. The predicted octanol–water partition coefficient (Wildman–Crippen LogP) is 2.71. The highest BCUT2D eigenvalue weighted by Gasteiger charge is 2.41. The van der Waals surface area contributed by atoms with Gasteiger partial charge in [-0.25, -0.2) is 0 Å². The van der Waals surface area contributed by atoms with E-state index in [1.165, 1.54) is 0 Å². The average Bonchev–Trinajstić information content (AvgIpc) is 3.18. The van der Waals surface area contributed by atoms with E-state index >= 15 is 0 Å². The zero-order chi connectivity index (χ0) is 16.1. The number of epoxide rings is 1. The SMILES string of the molecule is CCCCOC(=O)C(C)(C)CC(C)(C)C(=O)OCC1CO1. The molecule has 0 radical (unpaired) electrons. The first kappa shape index (κ1) is 18.0. The molecule has 0 spiro atoms. The summed E-state index contributed by atoms with van der Waals surface area (Å²) in [5.41, 5.74) is -1.45. The van der Waals surface area contributed by atoms with Gasteiger partial charge in [0.15, 0.2) is 0 Å². The quantitative estimate of drug-likeness (QED) is 0.372. The third-order valence-electron chi connectivity index (χ3n) is 3.52. The average molecular weight is 300 g/mol. The number of hydrogen-bond acceptors (Lipinski definition) is 5. The van der Waals surface area contributed by atoms with Gasteiger partial charge in [0.2, 0.25) is 0 Å². The maximum atomic E-state index is 12.1. The molecule has 0 N–H and O–H groups in total. The second-order valence-corrected chi connectivity index (χ2v) is 6.99. The van der Waals surface area contributed by atoms with Crippen LogP contribution in [-0.2, 0) is 23.8 Å². The molecule has 1 aliphatic rings. The fraction of sp³-hybridized carbons (Fsp3) is 0.875. The fourth-order valence-corrected chi connectivity index (χ4v) is 2.28. The maximum absolute atomic E-state index is 12.1. The van der Waals surface area contributed by atoms with Gasteiger partial charge in [-0.1, -0.05) is 13.3 Å². The summed E-state index contributed by atoms with van der Waals surface area (Å²) in [6, 6.07) is 0. The minimum atomic E-state index is -0.734. The van der Waals surface area contributed by atoms with E-state index in [1.807, 2.05) is 6.92 Å². The van der Waals surface area contributed by atoms with Crippen molar-refractivity contribution in [2.24, 2.45) is 10.8 Å². The summed E-state index contributed by atoms with van der Waals surface area (Å²) in [5.74, 6) is -0.560. The van der Waals surface area contributed by atoms with Crippen LogP contribution < -0.4 is 0 Å². The molecular weight excluding hydrogens is 272 g/mol. The van der Waals surface area contributed by atoms with Gasteiger partial charge in [-0.15, -0.1) is 0 Å². The van der Waals surface area contributed by atoms with Gasteiger partial charge in [-0.05, 0) is 40.5 Å². The van der Waals surface area contributed by atoms with Crippen molar-refractivity contribution in [3.8, 4) is 0 Å². The van der Waals surface area contributed by atoms with Gasteiger partial charge in [0.1, 0.15) is 12.7 Å². The molecule has 1 fully saturated rings. The molecule has 1 atom stereocenters. The van der Waals surface area contributed by atoms with Crippen LogP contribution >= 0.6 is 0 Å². The Kier molecular flexibility index (Phi) is 6.20. The second kappa shape index (κ2) is 7.25. The van der Waals surface area contributed by atoms with Gasteiger partial charge in [0, 0.05) is 0 Å². The van der Waals surface area contributed by atoms with E-state index < -0.39 is 10.8 Å². The molecule has 0 saturated carbocycles. The summed E-state index contributed by atoms with van der Waals surface area (Å²) in [7, 11) is 0. The molecule has 1 rings (SSSR count). The molecule has 1 aliphatic heterocycles. The smallest absolute Gasteiger partial charge is 0.311 e. The molecule has 5 nitrogen and oxygen atoms in total. The Labute approximate surface area is 127 Å². The molecule has 0 amide bonds. The Balaban J connectivity index is 2.48. The van der Waals surface area contributed by atoms with Crippen LogP contribution in [0.5, 0.6) is 0 Å². The van der Waals surface area contributed by atoms with Crippen molar-refractivity contribution in [3.05, 3.63) is 0 Å². The Morgan fingerprint density at radius 3 is 2.10 bits per heavy atom. The molecule has 0 aromatic rings. The minimum Gasteiger partial charge on any atom is -0.465 e. The standard InChI is InChI=1S/C16H28O5/c1-6-7-8-19-13(17)15(2,3)11-16(4,5)14(18)21-10-12-9-20-12/h12H,6-11H2,1-5H3. The van der Waals surface area contributed by atoms with Crippen molar-refractivity contribution in [1.29, 1.82) is 0 Å². The molecule has 0 aromatic heterocycles. The van der Waals surface area contributed by atoms with Crippen LogP contribution in [0.15, 0.2) is 0 Å². The number of ether oxygens (including phenoxy) is 3. The van der Waals surface area contributed by atoms with Gasteiger partial charge in [-0.2, -0.15) is 0 Å². The van der Waals surface area contributed by atoms with E-state index in [4.69, 9.17) is 14.2 Å². The molecule has 122 valence electrons. The lowest BCUT2D eigenvalue weighted by Gasteiger charge is -2.31. The van der Waals surface area contributed by atoms with Gasteiger partial charge in [0.25, 0.3) is 0 Å². The van der Waals surface area contributed by atoms with Crippen molar-refractivity contribution in [3.63, 3.8) is 0 Å². The summed E-state index contributed by atoms with van der Waals surface area (Å²) in [6.07, 6.45) is 2.27. The van der Waals surface area contributed by atoms with Crippen molar-refractivity contribution < 1.29 is 23.8 Å². The summed E-state index contributed by atoms with van der Waals surface area (Å²) in [4.78, 5) is 24.2. The zero-order valence-electron chi connectivity index (χ0n) is 13.9. The van der Waals surface area contributed by atoms with Crippen LogP contribution in [0.3, 0.4) is 0 Å². The topological polar surface area (TPSA) is 65.1 Å². The van der Waals surface area contributed by atoms with E-state index in [9.17, 15) is 9.59 Å². The summed E-state index contributed by atoms with van der Waals surface area (Å²) >= 11 is 0. The Bertz CT molecular complexity index is 369. The number of esters is 2. The van der Waals surface area contributed by atoms with Gasteiger partial charge in [0.05, 0.1) is 24.0 Å². The molecule has 21 heavy (non-hydrogen) atoms. The molecule has 0 aromatic carbocycles. The van der Waals surface area contributed by atoms with Gasteiger partial charge >= 0.3 is 11.9 Å². The maximum Gasteiger partial charge on any atom is 0.311 e. The van der Waals surface area contributed by atoms with E-state index in [-0.39, 0.29) is 18.0 Å². The van der Waals surface area contributed by atoms with E-state index in [1.54, 1.807) is 27.7 Å². The highest BCUT2D eigenvalue weighted by molar-refractivity contribution is 5.80. The van der Waals surface area contributed by atoms with Crippen molar-refractivity contribution in [2.75, 3.05) is 19.8 Å². The van der Waals surface area contributed by atoms with Crippen LogP contribution in [0.25, 0.3) is 0 Å². The van der Waals surface area contributed by atoms with E-state index in [0.717, 1.165) is 12.8 Å². The Morgan fingerprint density at radius 2 is 1.62 bits per heavy atom. The second-order valence-electron chi connectivity index (χ2n) is 6.99. The molecule has 5 heteroatoms. The number of hydrogen-bond donors (Lipinski definition) is 0. The lowest BCUT2D eigenvalue weighted by molar-refractivity contribution is -0.162. The fourth-order valence-electron chi connectivity index (χ4n) is 2.28. The van der Waals surface area contributed by atoms with Gasteiger partial charge < -0.3 is 14.2 Å². The largest absolute Gasteiger partial charge is 0.465 e. The van der Waals surface area contributed by atoms with Crippen LogP contribution in [0, 0.1) is 10.8 Å². The summed E-state index contributed by atoms with van der Waals surface area (Å²) in [6.45, 7) is 10.6. The van der Waals surface area contributed by atoms with Gasteiger partial charge in [-0.3, -0.25) is 9.59 Å². The number of unbranched alkanes of at least 4 members (excludes halogenated alkanes) is 1. The number of rotatable bonds is 9. The highest BCUT2D eigenvalue weighted by Crippen LogP contribution is 2.36. The zero-order valence-corrected chi connectivity index (χ0v) is 13.9. The summed E-state index contributed by atoms with van der Waals surface area (Å²) < 4.78 is 15.5. The molecule has 1 heterocycles. The van der Waals surface area contributed by atoms with Crippen molar-refractivity contribution in [2.45, 2.75) is 60.0 Å². The van der Waals surface area contributed by atoms with Crippen molar-refractivity contribution in [1.82, 2.24) is 0 Å². The van der Waals surface area contributed by atoms with Crippen molar-refractivity contribution >= 4 is 11.9 Å². The first-order valence-electron chi connectivity index (χ1n) is 7.65. The minimum absolute atomic E-state index is 0.0526. The molecular formula is C16H28O5. The molecule has 0 aliphatic carbocycles. The van der Waals surface area contributed by atoms with Crippen LogP contribution in [0.2, 0.25) is 0 Å².